The van der Waals surface area contributed by atoms with Gasteiger partial charge in [0.25, 0.3) is 5.91 Å². The van der Waals surface area contributed by atoms with Gasteiger partial charge in [-0.15, -0.1) is 11.6 Å². The molecule has 1 atom stereocenters. The Morgan fingerprint density at radius 3 is 2.67 bits per heavy atom. The summed E-state index contributed by atoms with van der Waals surface area (Å²) < 4.78 is 16.2. The molecule has 1 aliphatic rings. The van der Waals surface area contributed by atoms with Gasteiger partial charge in [-0.1, -0.05) is 12.1 Å². The van der Waals surface area contributed by atoms with E-state index in [0.29, 0.717) is 28.2 Å². The van der Waals surface area contributed by atoms with E-state index in [9.17, 15) is 9.59 Å². The lowest BCUT2D eigenvalue weighted by molar-refractivity contribution is -0.115. The van der Waals surface area contributed by atoms with Crippen molar-refractivity contribution in [2.24, 2.45) is 0 Å². The van der Waals surface area contributed by atoms with Crippen LogP contribution < -0.4 is 20.1 Å². The topological polar surface area (TPSA) is 89.8 Å². The molecule has 1 aliphatic heterocycles. The van der Waals surface area contributed by atoms with Crippen LogP contribution in [0.15, 0.2) is 46.9 Å². The molecule has 7 nitrogen and oxygen atoms in total. The van der Waals surface area contributed by atoms with E-state index < -0.39 is 17.2 Å². The summed E-state index contributed by atoms with van der Waals surface area (Å²) in [5.74, 6) is 0.199. The van der Waals surface area contributed by atoms with Crippen molar-refractivity contribution in [3.63, 3.8) is 0 Å². The number of carbonyl (C=O) groups is 2. The van der Waals surface area contributed by atoms with Crippen LogP contribution in [0.1, 0.15) is 17.5 Å². The van der Waals surface area contributed by atoms with Crippen LogP contribution in [0.4, 0.5) is 11.4 Å². The molecule has 8 heteroatoms. The number of fused-ring (bicyclic) bond motifs is 2. The van der Waals surface area contributed by atoms with Crippen LogP contribution in [0.3, 0.4) is 0 Å². The van der Waals surface area contributed by atoms with Gasteiger partial charge < -0.3 is 24.5 Å². The van der Waals surface area contributed by atoms with Gasteiger partial charge >= 0.3 is 0 Å². The summed E-state index contributed by atoms with van der Waals surface area (Å²) in [5.41, 5.74) is 1.26. The summed E-state index contributed by atoms with van der Waals surface area (Å²) in [7, 11) is 0. The second-order valence-electron chi connectivity index (χ2n) is 5.93. The summed E-state index contributed by atoms with van der Waals surface area (Å²) in [4.78, 5) is 24.9. The lowest BCUT2D eigenvalue weighted by Gasteiger charge is -2.08. The molecule has 0 aliphatic carbocycles. The highest BCUT2D eigenvalue weighted by atomic mass is 35.5. The minimum atomic E-state index is -0.761. The number of furan rings is 1. The van der Waals surface area contributed by atoms with E-state index >= 15 is 0 Å². The maximum absolute atomic E-state index is 12.8. The highest BCUT2D eigenvalue weighted by Gasteiger charge is 2.24. The van der Waals surface area contributed by atoms with Gasteiger partial charge in [0, 0.05) is 17.1 Å². The van der Waals surface area contributed by atoms with Gasteiger partial charge in [-0.25, -0.2) is 0 Å². The largest absolute Gasteiger partial charge is 0.454 e. The summed E-state index contributed by atoms with van der Waals surface area (Å²) >= 11 is 5.84. The zero-order valence-corrected chi connectivity index (χ0v) is 15.0. The van der Waals surface area contributed by atoms with E-state index in [4.69, 9.17) is 25.5 Å². The fraction of sp³-hybridized carbons (Fsp3) is 0.158. The normalized spacial score (nSPS) is 13.4. The number of anilines is 2. The number of carbonyl (C=O) groups excluding carboxylic acids is 2. The first kappa shape index (κ1) is 17.2. The minimum Gasteiger partial charge on any atom is -0.454 e. The molecule has 0 saturated carbocycles. The monoisotopic (exact) mass is 386 g/mol. The third-order valence-electron chi connectivity index (χ3n) is 4.04. The van der Waals surface area contributed by atoms with Crippen molar-refractivity contribution in [3.8, 4) is 11.5 Å². The summed E-state index contributed by atoms with van der Waals surface area (Å²) in [6, 6.07) is 12.1. The van der Waals surface area contributed by atoms with Gasteiger partial charge in [0.15, 0.2) is 11.5 Å². The fourth-order valence-electron chi connectivity index (χ4n) is 2.71. The molecule has 1 aromatic heterocycles. The zero-order chi connectivity index (χ0) is 19.0. The number of halogens is 1. The van der Waals surface area contributed by atoms with Crippen molar-refractivity contribution >= 4 is 45.8 Å². The van der Waals surface area contributed by atoms with Crippen LogP contribution in [0.25, 0.3) is 11.0 Å². The molecule has 0 saturated heterocycles. The lowest BCUT2D eigenvalue weighted by atomic mass is 10.2. The Kier molecular flexibility index (Phi) is 4.37. The Labute approximate surface area is 159 Å². The van der Waals surface area contributed by atoms with E-state index in [1.54, 1.807) is 49.4 Å². The number of nitrogens with one attached hydrogen (secondary N) is 2. The highest BCUT2D eigenvalue weighted by Crippen LogP contribution is 2.35. The Morgan fingerprint density at radius 2 is 1.85 bits per heavy atom. The van der Waals surface area contributed by atoms with Crippen molar-refractivity contribution in [2.75, 3.05) is 17.4 Å². The molecule has 27 heavy (non-hydrogen) atoms. The summed E-state index contributed by atoms with van der Waals surface area (Å²) in [5, 5.41) is 5.26. The number of hydrogen-bond donors (Lipinski definition) is 2. The van der Waals surface area contributed by atoms with E-state index in [-0.39, 0.29) is 18.2 Å². The molecule has 0 radical (unpaired) electrons. The Hall–Kier alpha value is -3.19. The molecule has 0 spiro atoms. The quantitative estimate of drug-likeness (QED) is 0.662. The highest BCUT2D eigenvalue weighted by molar-refractivity contribution is 6.33. The fourth-order valence-corrected chi connectivity index (χ4v) is 2.77. The zero-order valence-electron chi connectivity index (χ0n) is 14.2. The molecule has 0 fully saturated rings. The first-order valence-corrected chi connectivity index (χ1v) is 8.64. The van der Waals surface area contributed by atoms with E-state index in [0.717, 1.165) is 0 Å². The molecule has 3 aromatic rings. The number of rotatable bonds is 4. The number of para-hydroxylation sites is 1. The molecule has 2 aromatic carbocycles. The molecule has 2 amide bonds. The summed E-state index contributed by atoms with van der Waals surface area (Å²) in [6.45, 7) is 1.69. The van der Waals surface area contributed by atoms with Gasteiger partial charge in [-0.2, -0.15) is 0 Å². The predicted octanol–water partition coefficient (Wildman–Crippen LogP) is 3.98. The van der Waals surface area contributed by atoms with Crippen molar-refractivity contribution in [1.29, 1.82) is 0 Å². The SMILES string of the molecule is C[C@H](Cl)C(=O)Nc1c(C(=O)Nc2ccc3c(c2)OCO3)oc2ccccc12. The number of benzene rings is 2. The van der Waals surface area contributed by atoms with Crippen molar-refractivity contribution in [1.82, 2.24) is 0 Å². The van der Waals surface area contributed by atoms with Crippen LogP contribution in [0, 0.1) is 0 Å². The molecule has 2 heterocycles. The van der Waals surface area contributed by atoms with Crippen LogP contribution >= 0.6 is 11.6 Å². The number of alkyl halides is 1. The molecular formula is C19H15ClN2O5. The van der Waals surface area contributed by atoms with Gasteiger partial charge in [0.1, 0.15) is 16.6 Å². The number of ether oxygens (including phenoxy) is 2. The van der Waals surface area contributed by atoms with Crippen molar-refractivity contribution in [3.05, 3.63) is 48.2 Å². The first-order valence-electron chi connectivity index (χ1n) is 8.20. The molecule has 138 valence electrons. The van der Waals surface area contributed by atoms with Gasteiger partial charge in [0.2, 0.25) is 18.5 Å². The van der Waals surface area contributed by atoms with E-state index in [1.165, 1.54) is 0 Å². The molecular weight excluding hydrogens is 372 g/mol. The Bertz CT molecular complexity index is 1040. The maximum atomic E-state index is 12.8. The van der Waals surface area contributed by atoms with Crippen LogP contribution in [0.5, 0.6) is 11.5 Å². The minimum absolute atomic E-state index is 0.0143. The Morgan fingerprint density at radius 1 is 1.07 bits per heavy atom. The average molecular weight is 387 g/mol. The van der Waals surface area contributed by atoms with Gasteiger partial charge in [-0.3, -0.25) is 9.59 Å². The molecule has 4 rings (SSSR count). The van der Waals surface area contributed by atoms with Gasteiger partial charge in [-0.05, 0) is 31.2 Å². The van der Waals surface area contributed by atoms with Crippen LogP contribution in [0.2, 0.25) is 0 Å². The number of hydrogen-bond acceptors (Lipinski definition) is 5. The third kappa shape index (κ3) is 3.29. The van der Waals surface area contributed by atoms with Crippen molar-refractivity contribution < 1.29 is 23.5 Å². The van der Waals surface area contributed by atoms with E-state index in [1.807, 2.05) is 0 Å². The second kappa shape index (κ2) is 6.85. The molecule has 0 unspecified atom stereocenters. The van der Waals surface area contributed by atoms with Crippen LogP contribution in [-0.2, 0) is 4.79 Å². The smallest absolute Gasteiger partial charge is 0.293 e. The molecule has 2 N–H and O–H groups in total. The van der Waals surface area contributed by atoms with Gasteiger partial charge in [0.05, 0.1) is 0 Å². The second-order valence-corrected chi connectivity index (χ2v) is 6.58. The standard InChI is InChI=1S/C19H15ClN2O5/c1-10(20)18(23)22-16-12-4-2-3-5-13(12)27-17(16)19(24)21-11-6-7-14-15(8-11)26-9-25-14/h2-8,10H,9H2,1H3,(H,21,24)(H,22,23)/t10-/m0/s1. The average Bonchev–Trinajstić information content (AvgIpc) is 3.26. The number of amides is 2. The summed E-state index contributed by atoms with van der Waals surface area (Å²) in [6.07, 6.45) is 0. The Balaban J connectivity index is 1.67. The molecule has 0 bridgehead atoms. The van der Waals surface area contributed by atoms with E-state index in [2.05, 4.69) is 10.6 Å². The third-order valence-corrected chi connectivity index (χ3v) is 4.24. The van der Waals surface area contributed by atoms with Crippen LogP contribution in [-0.4, -0.2) is 24.0 Å². The first-order chi connectivity index (χ1) is 13.0. The maximum Gasteiger partial charge on any atom is 0.293 e. The van der Waals surface area contributed by atoms with Crippen molar-refractivity contribution in [2.45, 2.75) is 12.3 Å². The lowest BCUT2D eigenvalue weighted by Crippen LogP contribution is -2.22. The predicted molar refractivity (Wildman–Crippen MR) is 101 cm³/mol.